The fourth-order valence-corrected chi connectivity index (χ4v) is 3.44. The van der Waals surface area contributed by atoms with Crippen LogP contribution in [0.2, 0.25) is 0 Å². The van der Waals surface area contributed by atoms with Gasteiger partial charge in [-0.1, -0.05) is 25.8 Å². The fraction of sp³-hybridized carbons (Fsp3) is 0.421. The third-order valence-corrected chi connectivity index (χ3v) is 4.97. The van der Waals surface area contributed by atoms with E-state index in [2.05, 4.69) is 28.2 Å². The average molecular weight is 402 g/mol. The summed E-state index contributed by atoms with van der Waals surface area (Å²) in [4.78, 5) is 12.4. The molecular weight excluding hydrogens is 382 g/mol. The van der Waals surface area contributed by atoms with E-state index in [0.29, 0.717) is 21.7 Å². The van der Waals surface area contributed by atoms with E-state index < -0.39 is 0 Å². The van der Waals surface area contributed by atoms with Crippen molar-refractivity contribution < 1.29 is 9.53 Å². The van der Waals surface area contributed by atoms with E-state index in [-0.39, 0.29) is 24.1 Å². The van der Waals surface area contributed by atoms with Gasteiger partial charge in [-0.05, 0) is 58.5 Å². The van der Waals surface area contributed by atoms with Gasteiger partial charge in [0, 0.05) is 6.04 Å². The van der Waals surface area contributed by atoms with Crippen LogP contribution in [-0.4, -0.2) is 18.6 Å². The van der Waals surface area contributed by atoms with E-state index in [0.717, 1.165) is 19.3 Å². The van der Waals surface area contributed by atoms with Crippen LogP contribution >= 0.6 is 15.9 Å². The monoisotopic (exact) mass is 401 g/mol. The van der Waals surface area contributed by atoms with Crippen LogP contribution in [0.5, 0.6) is 5.75 Å². The number of carbonyl (C=O) groups excluding carboxylic acids is 1. The first-order valence-corrected chi connectivity index (χ1v) is 9.06. The molecule has 130 valence electrons. The molecule has 1 N–H and O–H groups in total. The number of nitrogens with zero attached hydrogens (tertiary/aromatic N) is 2. The lowest BCUT2D eigenvalue weighted by molar-refractivity contribution is -0.118. The average Bonchev–Trinajstić information content (AvgIpc) is 2.60. The van der Waals surface area contributed by atoms with Gasteiger partial charge in [0.15, 0.2) is 6.61 Å². The van der Waals surface area contributed by atoms with Crippen molar-refractivity contribution in [2.45, 2.75) is 38.6 Å². The fourth-order valence-electron chi connectivity index (χ4n) is 2.93. The van der Waals surface area contributed by atoms with Crippen LogP contribution in [0.15, 0.2) is 28.2 Å². The van der Waals surface area contributed by atoms with E-state index in [9.17, 15) is 10.1 Å². The molecule has 0 bridgehead atoms. The molecule has 0 unspecified atom stereocenters. The van der Waals surface area contributed by atoms with Crippen molar-refractivity contribution in [1.82, 2.24) is 5.32 Å². The Labute approximate surface area is 156 Å². The highest BCUT2D eigenvalue weighted by Gasteiger charge is 2.24. The Kier molecular flexibility index (Phi) is 7.03. The summed E-state index contributed by atoms with van der Waals surface area (Å²) in [6, 6.07) is 9.21. The molecule has 0 saturated heterocycles. The summed E-state index contributed by atoms with van der Waals surface area (Å²) in [5.41, 5.74) is 0.787. The molecule has 2 atom stereocenters. The number of nitrogens with one attached hydrogen (secondary N) is 1. The molecule has 0 aromatic heterocycles. The third-order valence-electron chi connectivity index (χ3n) is 4.35. The van der Waals surface area contributed by atoms with Gasteiger partial charge in [-0.25, -0.2) is 0 Å². The summed E-state index contributed by atoms with van der Waals surface area (Å²) in [5.74, 6) is 0.642. The van der Waals surface area contributed by atoms with E-state index >= 15 is 0 Å². The zero-order chi connectivity index (χ0) is 18.2. The highest BCUT2D eigenvalue weighted by atomic mass is 79.9. The van der Waals surface area contributed by atoms with E-state index in [1.807, 2.05) is 12.1 Å². The lowest BCUT2D eigenvalue weighted by atomic mass is 9.86. The summed E-state index contributed by atoms with van der Waals surface area (Å²) < 4.78 is 5.92. The number of rotatable bonds is 5. The highest BCUT2D eigenvalue weighted by Crippen LogP contribution is 2.27. The molecular formula is C19H20BrN3O2. The maximum Gasteiger partial charge on any atom is 0.262 e. The topological polar surface area (TPSA) is 85.9 Å². The molecule has 1 aliphatic carbocycles. The highest BCUT2D eigenvalue weighted by molar-refractivity contribution is 9.10. The first-order valence-electron chi connectivity index (χ1n) is 8.27. The minimum absolute atomic E-state index is 0.0425. The number of carbonyl (C=O) groups is 1. The Balaban J connectivity index is 2.11. The van der Waals surface area contributed by atoms with Crippen LogP contribution in [0.4, 0.5) is 0 Å². The van der Waals surface area contributed by atoms with Crippen molar-refractivity contribution in [3.05, 3.63) is 33.8 Å². The number of amides is 1. The minimum atomic E-state index is -0.331. The summed E-state index contributed by atoms with van der Waals surface area (Å²) in [6.45, 7) is 2.09. The normalized spacial score (nSPS) is 20.2. The van der Waals surface area contributed by atoms with Crippen LogP contribution in [0, 0.1) is 28.6 Å². The molecule has 1 amide bonds. The Morgan fingerprint density at radius 1 is 1.40 bits per heavy atom. The minimum Gasteiger partial charge on any atom is -0.478 e. The Morgan fingerprint density at radius 3 is 2.80 bits per heavy atom. The van der Waals surface area contributed by atoms with Gasteiger partial charge in [0.2, 0.25) is 0 Å². The van der Waals surface area contributed by atoms with Crippen LogP contribution in [0.25, 0.3) is 6.08 Å². The number of nitriles is 2. The van der Waals surface area contributed by atoms with Gasteiger partial charge >= 0.3 is 0 Å². The molecule has 0 heterocycles. The Bertz CT molecular complexity index is 746. The van der Waals surface area contributed by atoms with Gasteiger partial charge in [0.25, 0.3) is 5.91 Å². The SMILES string of the molecule is C[C@H]1CCCC[C@@H]1NC(=O)/C(C#N)=C/c1ccc(OCC#N)c(Br)c1. The van der Waals surface area contributed by atoms with Gasteiger partial charge in [0.05, 0.1) is 4.47 Å². The summed E-state index contributed by atoms with van der Waals surface area (Å²) in [6.07, 6.45) is 5.93. The molecule has 0 radical (unpaired) electrons. The lowest BCUT2D eigenvalue weighted by Crippen LogP contribution is -2.41. The number of benzene rings is 1. The van der Waals surface area contributed by atoms with Crippen molar-refractivity contribution in [2.75, 3.05) is 6.61 Å². The molecule has 6 heteroatoms. The smallest absolute Gasteiger partial charge is 0.262 e. The van der Waals surface area contributed by atoms with Crippen LogP contribution in [0.3, 0.4) is 0 Å². The molecule has 1 fully saturated rings. The van der Waals surface area contributed by atoms with Crippen molar-refractivity contribution >= 4 is 27.9 Å². The first kappa shape index (κ1) is 19.0. The summed E-state index contributed by atoms with van der Waals surface area (Å²) in [5, 5.41) is 20.9. The number of hydrogen-bond donors (Lipinski definition) is 1. The predicted molar refractivity (Wildman–Crippen MR) is 98.4 cm³/mol. The van der Waals surface area contributed by atoms with Crippen molar-refractivity contribution in [3.8, 4) is 17.9 Å². The third kappa shape index (κ3) is 5.34. The maximum absolute atomic E-state index is 12.4. The van der Waals surface area contributed by atoms with Gasteiger partial charge in [-0.2, -0.15) is 10.5 Å². The van der Waals surface area contributed by atoms with E-state index in [1.54, 1.807) is 24.3 Å². The van der Waals surface area contributed by atoms with Crippen molar-refractivity contribution in [2.24, 2.45) is 5.92 Å². The molecule has 0 spiro atoms. The Hall–Kier alpha value is -2.31. The molecule has 1 aromatic carbocycles. The van der Waals surface area contributed by atoms with Gasteiger partial charge < -0.3 is 10.1 Å². The van der Waals surface area contributed by atoms with E-state index in [1.165, 1.54) is 6.42 Å². The number of ether oxygens (including phenoxy) is 1. The van der Waals surface area contributed by atoms with Crippen molar-refractivity contribution in [3.63, 3.8) is 0 Å². The van der Waals surface area contributed by atoms with Gasteiger partial charge in [-0.3, -0.25) is 4.79 Å². The molecule has 25 heavy (non-hydrogen) atoms. The number of hydrogen-bond acceptors (Lipinski definition) is 4. The zero-order valence-electron chi connectivity index (χ0n) is 14.1. The van der Waals surface area contributed by atoms with Gasteiger partial charge in [0.1, 0.15) is 23.5 Å². The van der Waals surface area contributed by atoms with E-state index in [4.69, 9.17) is 10.00 Å². The molecule has 5 nitrogen and oxygen atoms in total. The van der Waals surface area contributed by atoms with Crippen LogP contribution < -0.4 is 10.1 Å². The largest absolute Gasteiger partial charge is 0.478 e. The molecule has 2 rings (SSSR count). The summed E-state index contributed by atoms with van der Waals surface area (Å²) >= 11 is 3.37. The molecule has 1 aromatic rings. The molecule has 1 aliphatic rings. The Morgan fingerprint density at radius 2 is 2.16 bits per heavy atom. The zero-order valence-corrected chi connectivity index (χ0v) is 15.7. The molecule has 0 aliphatic heterocycles. The predicted octanol–water partition coefficient (Wildman–Crippen LogP) is 3.95. The second-order valence-electron chi connectivity index (χ2n) is 6.15. The quantitative estimate of drug-likeness (QED) is 0.597. The molecule has 1 saturated carbocycles. The first-order chi connectivity index (χ1) is 12.0. The van der Waals surface area contributed by atoms with Crippen LogP contribution in [0.1, 0.15) is 38.2 Å². The standard InChI is InChI=1S/C19H20BrN3O2/c1-13-4-2-3-5-17(13)23-19(24)15(12-22)10-14-6-7-18(16(20)11-14)25-9-8-21/h6-7,10-11,13,17H,2-5,9H2,1H3,(H,23,24)/b15-10+/t13-,17-/m0/s1. The lowest BCUT2D eigenvalue weighted by Gasteiger charge is -2.29. The number of halogens is 1. The summed E-state index contributed by atoms with van der Waals surface area (Å²) in [7, 11) is 0. The second-order valence-corrected chi connectivity index (χ2v) is 7.00. The van der Waals surface area contributed by atoms with Gasteiger partial charge in [-0.15, -0.1) is 0 Å². The van der Waals surface area contributed by atoms with Crippen LogP contribution in [-0.2, 0) is 4.79 Å². The second kappa shape index (κ2) is 9.25. The van der Waals surface area contributed by atoms with Crippen molar-refractivity contribution in [1.29, 1.82) is 10.5 Å². The maximum atomic E-state index is 12.4.